The average Bonchev–Trinajstić information content (AvgIpc) is 2.99. The molecular formula is C30H37N3O7S. The smallest absolute Gasteiger partial charge is 0.264 e. The van der Waals surface area contributed by atoms with Crippen molar-refractivity contribution in [3.8, 4) is 17.2 Å². The van der Waals surface area contributed by atoms with Crippen molar-refractivity contribution in [2.75, 3.05) is 39.2 Å². The van der Waals surface area contributed by atoms with Crippen LogP contribution < -0.4 is 23.8 Å². The van der Waals surface area contributed by atoms with Crippen LogP contribution in [0.3, 0.4) is 0 Å². The third kappa shape index (κ3) is 7.29. The Bertz CT molecular complexity index is 1440. The molecule has 0 bridgehead atoms. The van der Waals surface area contributed by atoms with Crippen LogP contribution in [0.15, 0.2) is 71.6 Å². The number of hydrogen-bond acceptors (Lipinski definition) is 7. The monoisotopic (exact) mass is 583 g/mol. The lowest BCUT2D eigenvalue weighted by molar-refractivity contribution is -0.140. The van der Waals surface area contributed by atoms with Gasteiger partial charge in [0.1, 0.15) is 29.8 Å². The van der Waals surface area contributed by atoms with Gasteiger partial charge < -0.3 is 24.4 Å². The van der Waals surface area contributed by atoms with Crippen LogP contribution in [-0.2, 0) is 26.2 Å². The van der Waals surface area contributed by atoms with Gasteiger partial charge in [-0.25, -0.2) is 8.42 Å². The van der Waals surface area contributed by atoms with E-state index in [0.717, 1.165) is 15.4 Å². The number of ether oxygens (including phenoxy) is 3. The zero-order valence-electron chi connectivity index (χ0n) is 24.2. The van der Waals surface area contributed by atoms with Gasteiger partial charge in [0.2, 0.25) is 11.8 Å². The Morgan fingerprint density at radius 1 is 0.878 bits per heavy atom. The molecule has 1 atom stereocenters. The standard InChI is InChI=1S/C30H37N3O7S/c1-7-26(30(35)31-3)32(19-22-10-12-23(38-4)13-11-22)29(34)20-33(27-18-24(39-5)14-17-28(27)40-6)41(36,37)25-15-8-21(2)9-16-25/h8-18,26H,7,19-20H2,1-6H3,(H,31,35)/t26-/m0/s1. The van der Waals surface area contributed by atoms with Gasteiger partial charge in [-0.15, -0.1) is 0 Å². The fourth-order valence-corrected chi connectivity index (χ4v) is 5.77. The molecule has 3 aromatic carbocycles. The third-order valence-electron chi connectivity index (χ3n) is 6.69. The number of aryl methyl sites for hydroxylation is 1. The van der Waals surface area contributed by atoms with Gasteiger partial charge >= 0.3 is 0 Å². The summed E-state index contributed by atoms with van der Waals surface area (Å²) in [5.41, 5.74) is 1.75. The second-order valence-electron chi connectivity index (χ2n) is 9.27. The van der Waals surface area contributed by atoms with Crippen LogP contribution >= 0.6 is 0 Å². The fraction of sp³-hybridized carbons (Fsp3) is 0.333. The van der Waals surface area contributed by atoms with E-state index in [1.807, 2.05) is 6.92 Å². The fourth-order valence-electron chi connectivity index (χ4n) is 4.36. The largest absolute Gasteiger partial charge is 0.497 e. The van der Waals surface area contributed by atoms with Crippen LogP contribution in [0.2, 0.25) is 0 Å². The number of benzene rings is 3. The molecule has 3 aromatic rings. The molecular weight excluding hydrogens is 546 g/mol. The summed E-state index contributed by atoms with van der Waals surface area (Å²) in [4.78, 5) is 28.4. The second-order valence-corrected chi connectivity index (χ2v) is 11.1. The maximum Gasteiger partial charge on any atom is 0.264 e. The number of hydrogen-bond donors (Lipinski definition) is 1. The van der Waals surface area contributed by atoms with E-state index in [-0.39, 0.29) is 28.8 Å². The summed E-state index contributed by atoms with van der Waals surface area (Å²) in [5, 5.41) is 2.61. The van der Waals surface area contributed by atoms with E-state index in [1.54, 1.807) is 62.6 Å². The number of carbonyl (C=O) groups excluding carboxylic acids is 2. The SMILES string of the molecule is CC[C@@H](C(=O)NC)N(Cc1ccc(OC)cc1)C(=O)CN(c1cc(OC)ccc1OC)S(=O)(=O)c1ccc(C)cc1. The number of sulfonamides is 1. The minimum Gasteiger partial charge on any atom is -0.497 e. The van der Waals surface area contributed by atoms with E-state index in [1.165, 1.54) is 44.4 Å². The number of anilines is 1. The molecule has 0 unspecified atom stereocenters. The summed E-state index contributed by atoms with van der Waals surface area (Å²) in [7, 11) is 1.66. The molecule has 0 fully saturated rings. The highest BCUT2D eigenvalue weighted by atomic mass is 32.2. The molecule has 220 valence electrons. The highest BCUT2D eigenvalue weighted by Gasteiger charge is 2.34. The van der Waals surface area contributed by atoms with Gasteiger partial charge in [-0.05, 0) is 55.3 Å². The molecule has 0 heterocycles. The van der Waals surface area contributed by atoms with E-state index in [9.17, 15) is 18.0 Å². The Hall–Kier alpha value is -4.25. The van der Waals surface area contributed by atoms with E-state index < -0.39 is 28.5 Å². The van der Waals surface area contributed by atoms with Crippen molar-refractivity contribution < 1.29 is 32.2 Å². The minimum atomic E-state index is -4.26. The van der Waals surface area contributed by atoms with E-state index in [0.29, 0.717) is 17.9 Å². The van der Waals surface area contributed by atoms with Crippen LogP contribution in [0.4, 0.5) is 5.69 Å². The lowest BCUT2D eigenvalue weighted by Gasteiger charge is -2.33. The van der Waals surface area contributed by atoms with Crippen molar-refractivity contribution in [2.45, 2.75) is 37.8 Å². The first-order valence-corrected chi connectivity index (χ1v) is 14.5. The van der Waals surface area contributed by atoms with Crippen LogP contribution in [0.25, 0.3) is 0 Å². The molecule has 0 radical (unpaired) electrons. The molecule has 0 saturated heterocycles. The number of nitrogens with zero attached hydrogens (tertiary/aromatic N) is 2. The Labute approximate surface area is 241 Å². The molecule has 0 aliphatic carbocycles. The molecule has 0 aromatic heterocycles. The van der Waals surface area contributed by atoms with E-state index in [2.05, 4.69) is 5.32 Å². The zero-order chi connectivity index (χ0) is 30.2. The van der Waals surface area contributed by atoms with Gasteiger partial charge in [-0.3, -0.25) is 13.9 Å². The summed E-state index contributed by atoms with van der Waals surface area (Å²) in [6.45, 7) is 3.12. The zero-order valence-corrected chi connectivity index (χ0v) is 25.0. The molecule has 41 heavy (non-hydrogen) atoms. The predicted octanol–water partition coefficient (Wildman–Crippen LogP) is 3.77. The molecule has 0 aliphatic rings. The predicted molar refractivity (Wildman–Crippen MR) is 157 cm³/mol. The summed E-state index contributed by atoms with van der Waals surface area (Å²) < 4.78 is 45.3. The van der Waals surface area contributed by atoms with E-state index >= 15 is 0 Å². The van der Waals surface area contributed by atoms with E-state index in [4.69, 9.17) is 14.2 Å². The number of likely N-dealkylation sites (N-methyl/N-ethyl adjacent to an activating group) is 1. The maximum absolute atomic E-state index is 14.1. The van der Waals surface area contributed by atoms with Crippen molar-refractivity contribution in [1.82, 2.24) is 10.2 Å². The molecule has 11 heteroatoms. The first kappa shape index (κ1) is 31.3. The normalized spacial score (nSPS) is 11.8. The summed E-state index contributed by atoms with van der Waals surface area (Å²) >= 11 is 0. The summed E-state index contributed by atoms with van der Waals surface area (Å²) in [6.07, 6.45) is 0.314. The van der Waals surface area contributed by atoms with Gasteiger partial charge in [-0.1, -0.05) is 36.8 Å². The highest BCUT2D eigenvalue weighted by Crippen LogP contribution is 2.36. The van der Waals surface area contributed by atoms with Crippen LogP contribution in [0.1, 0.15) is 24.5 Å². The molecule has 10 nitrogen and oxygen atoms in total. The molecule has 0 spiro atoms. The topological polar surface area (TPSA) is 114 Å². The van der Waals surface area contributed by atoms with Gasteiger partial charge in [0.15, 0.2) is 0 Å². The van der Waals surface area contributed by atoms with Gasteiger partial charge in [-0.2, -0.15) is 0 Å². The van der Waals surface area contributed by atoms with Crippen LogP contribution in [0, 0.1) is 6.92 Å². The number of methoxy groups -OCH3 is 3. The third-order valence-corrected chi connectivity index (χ3v) is 8.46. The van der Waals surface area contributed by atoms with Gasteiger partial charge in [0.05, 0.1) is 31.9 Å². The number of rotatable bonds is 13. The van der Waals surface area contributed by atoms with Crippen molar-refractivity contribution in [2.24, 2.45) is 0 Å². The highest BCUT2D eigenvalue weighted by molar-refractivity contribution is 7.92. The van der Waals surface area contributed by atoms with Crippen LogP contribution in [-0.4, -0.2) is 66.1 Å². The maximum atomic E-state index is 14.1. The lowest BCUT2D eigenvalue weighted by atomic mass is 10.1. The van der Waals surface area contributed by atoms with Crippen molar-refractivity contribution >= 4 is 27.5 Å². The van der Waals surface area contributed by atoms with Crippen molar-refractivity contribution in [1.29, 1.82) is 0 Å². The Morgan fingerprint density at radius 3 is 2.02 bits per heavy atom. The minimum absolute atomic E-state index is 0.000759. The van der Waals surface area contributed by atoms with Crippen molar-refractivity contribution in [3.05, 3.63) is 77.9 Å². The Kier molecular flexibility index (Phi) is 10.6. The Balaban J connectivity index is 2.14. The number of nitrogens with one attached hydrogen (secondary N) is 1. The first-order valence-electron chi connectivity index (χ1n) is 13.0. The number of carbonyl (C=O) groups is 2. The second kappa shape index (κ2) is 13.9. The molecule has 0 aliphatic heterocycles. The molecule has 3 rings (SSSR count). The average molecular weight is 584 g/mol. The summed E-state index contributed by atoms with van der Waals surface area (Å²) in [6, 6.07) is 17.3. The lowest BCUT2D eigenvalue weighted by Crippen LogP contribution is -2.51. The number of amides is 2. The van der Waals surface area contributed by atoms with Gasteiger partial charge in [0.25, 0.3) is 10.0 Å². The molecule has 0 saturated carbocycles. The molecule has 2 amide bonds. The molecule has 1 N–H and O–H groups in total. The van der Waals surface area contributed by atoms with Crippen molar-refractivity contribution in [3.63, 3.8) is 0 Å². The summed E-state index contributed by atoms with van der Waals surface area (Å²) in [5.74, 6) is 0.321. The van der Waals surface area contributed by atoms with Crippen LogP contribution in [0.5, 0.6) is 17.2 Å². The Morgan fingerprint density at radius 2 is 1.49 bits per heavy atom. The van der Waals surface area contributed by atoms with Gasteiger partial charge in [0, 0.05) is 19.7 Å². The quantitative estimate of drug-likeness (QED) is 0.326. The first-order chi connectivity index (χ1) is 19.6.